The number of allylic oxidation sites excluding steroid dienone is 1. The van der Waals surface area contributed by atoms with Gasteiger partial charge in [0.2, 0.25) is 5.91 Å². The Hall–Kier alpha value is -3.51. The summed E-state index contributed by atoms with van der Waals surface area (Å²) < 4.78 is 25.0. The van der Waals surface area contributed by atoms with Crippen molar-refractivity contribution in [2.75, 3.05) is 18.2 Å². The average Bonchev–Trinajstić information content (AvgIpc) is 3.22. The molecule has 0 aliphatic rings. The second kappa shape index (κ2) is 9.96. The van der Waals surface area contributed by atoms with E-state index in [4.69, 9.17) is 9.15 Å². The first-order chi connectivity index (χ1) is 16.0. The molecule has 0 spiro atoms. The van der Waals surface area contributed by atoms with E-state index in [9.17, 15) is 9.18 Å². The Kier molecular flexibility index (Phi) is 6.84. The lowest BCUT2D eigenvalue weighted by Crippen LogP contribution is -2.08. The van der Waals surface area contributed by atoms with Gasteiger partial charge in [-0.2, -0.15) is 0 Å². The molecule has 0 radical (unpaired) electrons. The smallest absolute Gasteiger partial charge is 0.248 e. The van der Waals surface area contributed by atoms with E-state index in [0.29, 0.717) is 17.9 Å². The van der Waals surface area contributed by atoms with Crippen molar-refractivity contribution < 1.29 is 18.3 Å². The molecule has 0 bridgehead atoms. The van der Waals surface area contributed by atoms with Crippen LogP contribution in [0.15, 0.2) is 82.3 Å². The van der Waals surface area contributed by atoms with Gasteiger partial charge in [0.1, 0.15) is 17.1 Å². The van der Waals surface area contributed by atoms with Crippen LogP contribution in [0.2, 0.25) is 0 Å². The first-order valence-corrected chi connectivity index (χ1v) is 11.8. The fourth-order valence-electron chi connectivity index (χ4n) is 3.62. The normalized spacial score (nSPS) is 11.6. The molecule has 0 unspecified atom stereocenters. The van der Waals surface area contributed by atoms with Crippen molar-refractivity contribution in [2.45, 2.75) is 18.7 Å². The Morgan fingerprint density at radius 1 is 1.12 bits per heavy atom. The van der Waals surface area contributed by atoms with Crippen LogP contribution in [0.25, 0.3) is 27.7 Å². The Labute approximate surface area is 196 Å². The summed E-state index contributed by atoms with van der Waals surface area (Å²) in [5.74, 6) is 0.118. The van der Waals surface area contributed by atoms with Crippen LogP contribution >= 0.6 is 11.8 Å². The Bertz CT molecular complexity index is 1310. The Morgan fingerprint density at radius 2 is 1.85 bits per heavy atom. The van der Waals surface area contributed by atoms with Crippen LogP contribution in [0.1, 0.15) is 19.4 Å². The molecule has 0 aliphatic carbocycles. The molecule has 0 saturated heterocycles. The molecule has 0 atom stereocenters. The van der Waals surface area contributed by atoms with E-state index in [1.165, 1.54) is 12.1 Å². The van der Waals surface area contributed by atoms with Gasteiger partial charge < -0.3 is 14.5 Å². The molecule has 1 aromatic heterocycles. The lowest BCUT2D eigenvalue weighted by Gasteiger charge is -2.12. The van der Waals surface area contributed by atoms with Crippen LogP contribution in [-0.4, -0.2) is 18.8 Å². The van der Waals surface area contributed by atoms with Crippen LogP contribution < -0.4 is 10.1 Å². The summed E-state index contributed by atoms with van der Waals surface area (Å²) in [6.45, 7) is 4.26. The quantitative estimate of drug-likeness (QED) is 0.230. The number of halogens is 1. The summed E-state index contributed by atoms with van der Waals surface area (Å²) in [5.41, 5.74) is 4.63. The monoisotopic (exact) mass is 461 g/mol. The van der Waals surface area contributed by atoms with Gasteiger partial charge in [0.15, 0.2) is 0 Å². The number of benzene rings is 3. The van der Waals surface area contributed by atoms with E-state index in [1.54, 1.807) is 36.2 Å². The minimum Gasteiger partial charge on any atom is -0.493 e. The zero-order valence-corrected chi connectivity index (χ0v) is 19.5. The predicted octanol–water partition coefficient (Wildman–Crippen LogP) is 7.40. The molecule has 3 aromatic carbocycles. The molecule has 1 amide bonds. The van der Waals surface area contributed by atoms with Crippen molar-refractivity contribution in [1.82, 2.24) is 0 Å². The molecule has 1 heterocycles. The standard InChI is InChI=1S/C27H24FNO3S/c1-4-31-25-15-26-23(24(16-32-26)18-5-7-19(28)8-6-18)14-22(25)17(2)13-27(30)29-20-9-11-21(33-3)12-10-20/h5-16H,4H2,1-3H3,(H,29,30)/b17-13+. The van der Waals surface area contributed by atoms with Crippen molar-refractivity contribution >= 4 is 39.9 Å². The lowest BCUT2D eigenvalue weighted by atomic mass is 9.99. The van der Waals surface area contributed by atoms with Gasteiger partial charge in [0.05, 0.1) is 12.9 Å². The van der Waals surface area contributed by atoms with Gasteiger partial charge in [-0.05, 0) is 73.7 Å². The number of hydrogen-bond acceptors (Lipinski definition) is 4. The molecule has 1 N–H and O–H groups in total. The average molecular weight is 462 g/mol. The number of carbonyl (C=O) groups is 1. The molecular formula is C27H24FNO3S. The second-order valence-electron chi connectivity index (χ2n) is 7.48. The van der Waals surface area contributed by atoms with Crippen LogP contribution in [-0.2, 0) is 4.79 Å². The summed E-state index contributed by atoms with van der Waals surface area (Å²) >= 11 is 1.65. The van der Waals surface area contributed by atoms with Gasteiger partial charge in [-0.25, -0.2) is 4.39 Å². The number of hydrogen-bond donors (Lipinski definition) is 1. The second-order valence-corrected chi connectivity index (χ2v) is 8.36. The van der Waals surface area contributed by atoms with Crippen molar-refractivity contribution in [3.05, 3.63) is 84.4 Å². The number of furan rings is 1. The molecule has 0 aliphatic heterocycles. The Balaban J connectivity index is 1.69. The fourth-order valence-corrected chi connectivity index (χ4v) is 4.03. The highest BCUT2D eigenvalue weighted by Crippen LogP contribution is 2.37. The highest BCUT2D eigenvalue weighted by atomic mass is 32.2. The third kappa shape index (κ3) is 5.12. The lowest BCUT2D eigenvalue weighted by molar-refractivity contribution is -0.111. The molecule has 6 heteroatoms. The SMILES string of the molecule is CCOc1cc2occ(-c3ccc(F)cc3)c2cc1/C(C)=C/C(=O)Nc1ccc(SC)cc1. The van der Waals surface area contributed by atoms with Gasteiger partial charge in [-0.1, -0.05) is 12.1 Å². The van der Waals surface area contributed by atoms with Gasteiger partial charge in [0, 0.05) is 39.2 Å². The molecule has 0 fully saturated rings. The Morgan fingerprint density at radius 3 is 2.52 bits per heavy atom. The summed E-state index contributed by atoms with van der Waals surface area (Å²) in [6.07, 6.45) is 5.22. The van der Waals surface area contributed by atoms with E-state index in [0.717, 1.165) is 38.2 Å². The number of amides is 1. The summed E-state index contributed by atoms with van der Waals surface area (Å²) in [5, 5.41) is 3.76. The molecule has 4 nitrogen and oxygen atoms in total. The van der Waals surface area contributed by atoms with E-state index in [-0.39, 0.29) is 11.7 Å². The van der Waals surface area contributed by atoms with Crippen molar-refractivity contribution in [2.24, 2.45) is 0 Å². The van der Waals surface area contributed by atoms with Crippen molar-refractivity contribution in [1.29, 1.82) is 0 Å². The first kappa shape index (κ1) is 22.7. The maximum absolute atomic E-state index is 13.4. The molecule has 4 aromatic rings. The number of fused-ring (bicyclic) bond motifs is 1. The third-order valence-electron chi connectivity index (χ3n) is 5.26. The third-order valence-corrected chi connectivity index (χ3v) is 6.00. The predicted molar refractivity (Wildman–Crippen MR) is 133 cm³/mol. The first-order valence-electron chi connectivity index (χ1n) is 10.6. The van der Waals surface area contributed by atoms with Gasteiger partial charge in [0.25, 0.3) is 0 Å². The van der Waals surface area contributed by atoms with Crippen LogP contribution in [0, 0.1) is 5.82 Å². The highest BCUT2D eigenvalue weighted by molar-refractivity contribution is 7.98. The maximum Gasteiger partial charge on any atom is 0.248 e. The molecule has 0 saturated carbocycles. The summed E-state index contributed by atoms with van der Waals surface area (Å²) in [6, 6.07) is 17.8. The zero-order chi connectivity index (χ0) is 23.4. The number of anilines is 1. The van der Waals surface area contributed by atoms with E-state index in [1.807, 2.05) is 56.5 Å². The minimum atomic E-state index is -0.293. The van der Waals surface area contributed by atoms with Gasteiger partial charge in [-0.15, -0.1) is 11.8 Å². The van der Waals surface area contributed by atoms with Crippen molar-refractivity contribution in [3.63, 3.8) is 0 Å². The number of ether oxygens (including phenoxy) is 1. The molecular weight excluding hydrogens is 437 g/mol. The number of carbonyl (C=O) groups excluding carboxylic acids is 1. The van der Waals surface area contributed by atoms with Gasteiger partial charge >= 0.3 is 0 Å². The number of thioether (sulfide) groups is 1. The van der Waals surface area contributed by atoms with Crippen LogP contribution in [0.3, 0.4) is 0 Å². The van der Waals surface area contributed by atoms with Crippen LogP contribution in [0.4, 0.5) is 10.1 Å². The largest absolute Gasteiger partial charge is 0.493 e. The highest BCUT2D eigenvalue weighted by Gasteiger charge is 2.15. The summed E-state index contributed by atoms with van der Waals surface area (Å²) in [4.78, 5) is 13.8. The zero-order valence-electron chi connectivity index (χ0n) is 18.6. The molecule has 168 valence electrons. The van der Waals surface area contributed by atoms with Crippen LogP contribution in [0.5, 0.6) is 5.75 Å². The van der Waals surface area contributed by atoms with Crippen molar-refractivity contribution in [3.8, 4) is 16.9 Å². The topological polar surface area (TPSA) is 51.5 Å². The van der Waals surface area contributed by atoms with E-state index >= 15 is 0 Å². The summed E-state index contributed by atoms with van der Waals surface area (Å²) in [7, 11) is 0. The van der Waals surface area contributed by atoms with E-state index in [2.05, 4.69) is 5.32 Å². The fraction of sp³-hybridized carbons (Fsp3) is 0.148. The minimum absolute atomic E-state index is 0.224. The number of rotatable bonds is 7. The number of nitrogens with one attached hydrogen (secondary N) is 1. The van der Waals surface area contributed by atoms with E-state index < -0.39 is 0 Å². The molecule has 4 rings (SSSR count). The molecule has 33 heavy (non-hydrogen) atoms. The van der Waals surface area contributed by atoms with Gasteiger partial charge in [-0.3, -0.25) is 4.79 Å². The maximum atomic E-state index is 13.4.